The Hall–Kier alpha value is -2.22. The van der Waals surface area contributed by atoms with Crippen molar-refractivity contribution in [3.63, 3.8) is 0 Å². The summed E-state index contributed by atoms with van der Waals surface area (Å²) >= 11 is 2.02. The Labute approximate surface area is 224 Å². The number of aliphatic hydroxyl groups excluding tert-OH is 2. The Morgan fingerprint density at radius 1 is 1.28 bits per heavy atom. The smallest absolute Gasteiger partial charge is 0.247 e. The molecular weight excluding hydrogens is 583 g/mol. The van der Waals surface area contributed by atoms with Crippen molar-refractivity contribution in [1.82, 2.24) is 10.2 Å². The van der Waals surface area contributed by atoms with Gasteiger partial charge >= 0.3 is 0 Å². The maximum absolute atomic E-state index is 13.1. The highest BCUT2D eigenvalue weighted by Gasteiger charge is 2.42. The van der Waals surface area contributed by atoms with Gasteiger partial charge in [0.05, 0.1) is 36.4 Å². The number of rotatable bonds is 13. The average Bonchev–Trinajstić information content (AvgIpc) is 3.70. The summed E-state index contributed by atoms with van der Waals surface area (Å²) in [6.07, 6.45) is 2.46. The fraction of sp³-hybridized carbons (Fsp3) is 0.560. The summed E-state index contributed by atoms with van der Waals surface area (Å²) in [6, 6.07) is 2.46. The molecule has 3 atom stereocenters. The quantitative estimate of drug-likeness (QED) is 0.223. The summed E-state index contributed by atoms with van der Waals surface area (Å²) in [5.41, 5.74) is 0.757. The first-order valence-electron chi connectivity index (χ1n) is 11.9. The molecule has 11 heteroatoms. The standard InChI is InChI=1S/C25H33IN2O8/c1-34-8-5-22(31)28(13-15-3-4-15)19-11-17(25(33)27-6-7-29)12-20(23(19)32)36-24-18(26)9-16(14-30)10-21(24)35-2/h9-10,12,14-15,19-20,23,29,32H,3-8,11,13H2,1-2H3,(H,27,33). The summed E-state index contributed by atoms with van der Waals surface area (Å²) in [5.74, 6) is 0.426. The zero-order chi connectivity index (χ0) is 26.2. The van der Waals surface area contributed by atoms with E-state index in [2.05, 4.69) is 5.32 Å². The van der Waals surface area contributed by atoms with Crippen molar-refractivity contribution >= 4 is 40.7 Å². The molecule has 0 spiro atoms. The number of aldehydes is 1. The minimum atomic E-state index is -1.13. The van der Waals surface area contributed by atoms with E-state index in [4.69, 9.17) is 19.3 Å². The van der Waals surface area contributed by atoms with Crippen LogP contribution in [-0.4, -0.2) is 92.0 Å². The number of halogens is 1. The summed E-state index contributed by atoms with van der Waals surface area (Å²) in [6.45, 7) is 0.595. The molecule has 2 aliphatic rings. The van der Waals surface area contributed by atoms with Crippen molar-refractivity contribution in [2.75, 3.05) is 40.5 Å². The predicted molar refractivity (Wildman–Crippen MR) is 139 cm³/mol. The number of aliphatic hydroxyl groups is 2. The molecule has 0 aromatic heterocycles. The third-order valence-corrected chi connectivity index (χ3v) is 7.05. The van der Waals surface area contributed by atoms with Crippen molar-refractivity contribution in [3.8, 4) is 11.5 Å². The molecule has 36 heavy (non-hydrogen) atoms. The summed E-state index contributed by atoms with van der Waals surface area (Å²) in [7, 11) is 2.97. The number of carbonyl (C=O) groups is 3. The molecule has 1 aromatic carbocycles. The van der Waals surface area contributed by atoms with Gasteiger partial charge in [-0.05, 0) is 59.6 Å². The maximum atomic E-state index is 13.1. The monoisotopic (exact) mass is 616 g/mol. The van der Waals surface area contributed by atoms with Crippen LogP contribution in [0.15, 0.2) is 23.8 Å². The van der Waals surface area contributed by atoms with Crippen LogP contribution in [-0.2, 0) is 14.3 Å². The molecule has 1 fully saturated rings. The second-order valence-electron chi connectivity index (χ2n) is 8.90. The minimum absolute atomic E-state index is 0.0757. The van der Waals surface area contributed by atoms with Crippen molar-refractivity contribution < 1.29 is 38.8 Å². The van der Waals surface area contributed by atoms with E-state index in [1.165, 1.54) is 20.3 Å². The number of amides is 2. The van der Waals surface area contributed by atoms with Gasteiger partial charge in [0, 0.05) is 37.8 Å². The lowest BCUT2D eigenvalue weighted by atomic mass is 9.87. The van der Waals surface area contributed by atoms with Crippen molar-refractivity contribution in [3.05, 3.63) is 32.9 Å². The van der Waals surface area contributed by atoms with E-state index in [0.29, 0.717) is 45.0 Å². The lowest BCUT2D eigenvalue weighted by Crippen LogP contribution is -2.55. The Balaban J connectivity index is 1.96. The maximum Gasteiger partial charge on any atom is 0.247 e. The number of methoxy groups -OCH3 is 2. The van der Waals surface area contributed by atoms with Gasteiger partial charge in [-0.15, -0.1) is 0 Å². The second-order valence-corrected chi connectivity index (χ2v) is 10.1. The number of nitrogens with zero attached hydrogens (tertiary/aromatic N) is 1. The molecule has 0 saturated heterocycles. The summed E-state index contributed by atoms with van der Waals surface area (Å²) in [4.78, 5) is 38.9. The van der Waals surface area contributed by atoms with E-state index in [-0.39, 0.29) is 38.5 Å². The van der Waals surface area contributed by atoms with Crippen LogP contribution < -0.4 is 14.8 Å². The third-order valence-electron chi connectivity index (χ3n) is 6.25. The highest BCUT2D eigenvalue weighted by Crippen LogP contribution is 2.38. The topological polar surface area (TPSA) is 135 Å². The van der Waals surface area contributed by atoms with Gasteiger partial charge in [0.2, 0.25) is 11.8 Å². The van der Waals surface area contributed by atoms with Crippen LogP contribution in [0.5, 0.6) is 11.5 Å². The van der Waals surface area contributed by atoms with Gasteiger partial charge in [0.1, 0.15) is 18.5 Å². The minimum Gasteiger partial charge on any atom is -0.493 e. The fourth-order valence-corrected chi connectivity index (χ4v) is 4.92. The van der Waals surface area contributed by atoms with Gasteiger partial charge in [0.15, 0.2) is 11.5 Å². The van der Waals surface area contributed by atoms with Crippen LogP contribution in [0.1, 0.15) is 36.0 Å². The van der Waals surface area contributed by atoms with Gasteiger partial charge in [-0.25, -0.2) is 0 Å². The lowest BCUT2D eigenvalue weighted by Gasteiger charge is -2.41. The van der Waals surface area contributed by atoms with Crippen LogP contribution in [0, 0.1) is 9.49 Å². The molecule has 3 N–H and O–H groups in total. The molecule has 0 radical (unpaired) electrons. The van der Waals surface area contributed by atoms with E-state index in [0.717, 1.165) is 12.8 Å². The van der Waals surface area contributed by atoms with E-state index < -0.39 is 24.2 Å². The largest absolute Gasteiger partial charge is 0.493 e. The van der Waals surface area contributed by atoms with E-state index in [1.807, 2.05) is 22.6 Å². The first-order chi connectivity index (χ1) is 17.3. The zero-order valence-corrected chi connectivity index (χ0v) is 22.6. The first-order valence-corrected chi connectivity index (χ1v) is 13.0. The van der Waals surface area contributed by atoms with Crippen LogP contribution in [0.2, 0.25) is 0 Å². The third kappa shape index (κ3) is 7.17. The number of hydrogen-bond donors (Lipinski definition) is 3. The molecule has 1 aromatic rings. The Morgan fingerprint density at radius 3 is 2.64 bits per heavy atom. The van der Waals surface area contributed by atoms with Crippen LogP contribution in [0.3, 0.4) is 0 Å². The summed E-state index contributed by atoms with van der Waals surface area (Å²) in [5, 5.41) is 23.2. The highest BCUT2D eigenvalue weighted by atomic mass is 127. The number of hydrogen-bond acceptors (Lipinski definition) is 8. The van der Waals surface area contributed by atoms with E-state index in [1.54, 1.807) is 17.0 Å². The molecule has 10 nitrogen and oxygen atoms in total. The molecule has 3 unspecified atom stereocenters. The van der Waals surface area contributed by atoms with Crippen molar-refractivity contribution in [2.24, 2.45) is 5.92 Å². The van der Waals surface area contributed by atoms with Crippen LogP contribution in [0.4, 0.5) is 0 Å². The van der Waals surface area contributed by atoms with Gasteiger partial charge in [-0.2, -0.15) is 0 Å². The normalized spacial score (nSPS) is 21.4. The average molecular weight is 616 g/mol. The van der Waals surface area contributed by atoms with E-state index in [9.17, 15) is 19.5 Å². The first kappa shape index (κ1) is 28.4. The molecule has 198 valence electrons. The van der Waals surface area contributed by atoms with Gasteiger partial charge in [0.25, 0.3) is 0 Å². The number of benzene rings is 1. The molecule has 2 amide bonds. The lowest BCUT2D eigenvalue weighted by molar-refractivity contribution is -0.139. The van der Waals surface area contributed by atoms with Crippen LogP contribution >= 0.6 is 22.6 Å². The van der Waals surface area contributed by atoms with Crippen molar-refractivity contribution in [1.29, 1.82) is 0 Å². The second kappa shape index (κ2) is 13.4. The Kier molecular flexibility index (Phi) is 10.5. The number of ether oxygens (including phenoxy) is 3. The Morgan fingerprint density at radius 2 is 2.03 bits per heavy atom. The predicted octanol–water partition coefficient (Wildman–Crippen LogP) is 1.30. The van der Waals surface area contributed by atoms with Crippen molar-refractivity contribution in [2.45, 2.75) is 43.9 Å². The zero-order valence-electron chi connectivity index (χ0n) is 20.4. The molecule has 3 rings (SSSR count). The highest BCUT2D eigenvalue weighted by molar-refractivity contribution is 14.1. The molecule has 2 aliphatic carbocycles. The molecule has 0 aliphatic heterocycles. The van der Waals surface area contributed by atoms with E-state index >= 15 is 0 Å². The molecule has 0 heterocycles. The molecular formula is C25H33IN2O8. The van der Waals surface area contributed by atoms with Crippen LogP contribution in [0.25, 0.3) is 0 Å². The molecule has 0 bridgehead atoms. The SMILES string of the molecule is COCCC(=O)N(CC1CC1)C1CC(C(=O)NCCO)=CC(Oc2c(I)cc(C=O)cc2OC)C1O. The number of carbonyl (C=O) groups excluding carboxylic acids is 3. The van der Waals surface area contributed by atoms with Gasteiger partial charge in [-0.3, -0.25) is 14.4 Å². The Bertz CT molecular complexity index is 981. The molecule has 1 saturated carbocycles. The number of nitrogens with one attached hydrogen (secondary N) is 1. The summed E-state index contributed by atoms with van der Waals surface area (Å²) < 4.78 is 17.3. The van der Waals surface area contributed by atoms with Gasteiger partial charge < -0.3 is 34.6 Å². The van der Waals surface area contributed by atoms with Gasteiger partial charge in [-0.1, -0.05) is 0 Å². The fourth-order valence-electron chi connectivity index (χ4n) is 4.17.